The summed E-state index contributed by atoms with van der Waals surface area (Å²) in [5, 5.41) is 4.56. The van der Waals surface area contributed by atoms with Crippen molar-refractivity contribution < 1.29 is 22.9 Å². The van der Waals surface area contributed by atoms with Gasteiger partial charge >= 0.3 is 11.2 Å². The smallest absolute Gasteiger partial charge is 0.266 e. The van der Waals surface area contributed by atoms with Crippen LogP contribution in [0.3, 0.4) is 0 Å². The summed E-state index contributed by atoms with van der Waals surface area (Å²) in [6, 6.07) is 0. The Kier molecular flexibility index (Phi) is 4.00. The topological polar surface area (TPSA) is 58.0 Å². The first-order valence-electron chi connectivity index (χ1n) is 5.88. The lowest BCUT2D eigenvalue weighted by Gasteiger charge is -2.10. The van der Waals surface area contributed by atoms with Crippen molar-refractivity contribution in [3.63, 3.8) is 0 Å². The molecule has 0 saturated heterocycles. The highest BCUT2D eigenvalue weighted by Gasteiger charge is 2.44. The molecule has 10 heteroatoms. The molecule has 5 nitrogen and oxygen atoms in total. The molecule has 0 spiro atoms. The molecule has 1 aromatic heterocycles. The normalized spacial score (nSPS) is 19.4. The second-order valence-corrected chi connectivity index (χ2v) is 6.73. The van der Waals surface area contributed by atoms with E-state index in [4.69, 9.17) is 16.4 Å². The van der Waals surface area contributed by atoms with Crippen LogP contribution in [0.4, 0.5) is 13.2 Å². The Morgan fingerprint density at radius 2 is 2.14 bits per heavy atom. The van der Waals surface area contributed by atoms with Gasteiger partial charge in [0.05, 0.1) is 11.0 Å². The molecule has 2 rings (SSSR count). The number of hydrogen-bond donors (Lipinski definition) is 1. The van der Waals surface area contributed by atoms with E-state index in [-0.39, 0.29) is 15.7 Å². The zero-order valence-electron chi connectivity index (χ0n) is 11.3. The number of alkyl halides is 3. The summed E-state index contributed by atoms with van der Waals surface area (Å²) in [6.45, 7) is 4.85. The zero-order chi connectivity index (χ0) is 16.0. The molecule has 1 aliphatic heterocycles. The molecule has 1 N–H and O–H groups in total. The first-order chi connectivity index (χ1) is 9.51. The number of hydrogen-bond acceptors (Lipinski definition) is 4. The minimum atomic E-state index is -4.62. The lowest BCUT2D eigenvalue weighted by Crippen LogP contribution is -2.18. The van der Waals surface area contributed by atoms with Crippen molar-refractivity contribution in [3.8, 4) is 0 Å². The standard InChI is InChI=1S/C11H12ClF3N3O2S/c1-5(21-6-4-10(2,3)20-18(6)19)7-8(11(13,14)15)16-17-9(7)12/h4-5H,1-3H3,(H,16,17)/q+1. The number of aromatic amines is 1. The first-order valence-corrected chi connectivity index (χ1v) is 7.14. The summed E-state index contributed by atoms with van der Waals surface area (Å²) in [7, 11) is 0. The fraction of sp³-hybridized carbons (Fsp3) is 0.545. The van der Waals surface area contributed by atoms with Crippen LogP contribution in [0.5, 0.6) is 0 Å². The van der Waals surface area contributed by atoms with Crippen LogP contribution < -0.4 is 0 Å². The van der Waals surface area contributed by atoms with Gasteiger partial charge in [-0.3, -0.25) is 5.10 Å². The molecule has 1 aliphatic rings. The van der Waals surface area contributed by atoms with Gasteiger partial charge < -0.3 is 0 Å². The maximum absolute atomic E-state index is 12.9. The van der Waals surface area contributed by atoms with Gasteiger partial charge in [0.2, 0.25) is 5.60 Å². The zero-order valence-corrected chi connectivity index (χ0v) is 12.9. The molecule has 0 fully saturated rings. The molecule has 0 amide bonds. The van der Waals surface area contributed by atoms with Gasteiger partial charge in [0.15, 0.2) is 5.69 Å². The Balaban J connectivity index is 2.28. The number of H-pyrrole nitrogens is 1. The average molecular weight is 343 g/mol. The Morgan fingerprint density at radius 1 is 1.52 bits per heavy atom. The van der Waals surface area contributed by atoms with Crippen LogP contribution in [-0.2, 0) is 11.0 Å². The van der Waals surface area contributed by atoms with Gasteiger partial charge in [-0.15, -0.1) is 0 Å². The highest BCUT2D eigenvalue weighted by atomic mass is 35.5. The molecule has 0 aliphatic carbocycles. The highest BCUT2D eigenvalue weighted by Crippen LogP contribution is 2.45. The van der Waals surface area contributed by atoms with Gasteiger partial charge in [-0.25, -0.2) is 4.84 Å². The van der Waals surface area contributed by atoms with E-state index in [1.807, 2.05) is 0 Å². The lowest BCUT2D eigenvalue weighted by atomic mass is 10.1. The number of nitrogens with one attached hydrogen (secondary N) is 1. The van der Waals surface area contributed by atoms with E-state index in [0.29, 0.717) is 4.92 Å². The van der Waals surface area contributed by atoms with Crippen molar-refractivity contribution in [1.82, 2.24) is 10.2 Å². The molecule has 21 heavy (non-hydrogen) atoms. The minimum absolute atomic E-state index is 0.179. The molecule has 1 unspecified atom stereocenters. The number of nitrogens with zero attached hydrogens (tertiary/aromatic N) is 2. The van der Waals surface area contributed by atoms with Crippen molar-refractivity contribution in [2.75, 3.05) is 0 Å². The summed E-state index contributed by atoms with van der Waals surface area (Å²) < 4.78 is 38.6. The predicted octanol–water partition coefficient (Wildman–Crippen LogP) is 4.22. The van der Waals surface area contributed by atoms with E-state index in [9.17, 15) is 18.1 Å². The maximum atomic E-state index is 12.9. The van der Waals surface area contributed by atoms with Gasteiger partial charge in [0.1, 0.15) is 5.15 Å². The van der Waals surface area contributed by atoms with E-state index in [1.165, 1.54) is 6.92 Å². The molecule has 2 heterocycles. The summed E-state index contributed by atoms with van der Waals surface area (Å²) in [5.41, 5.74) is -2.06. The van der Waals surface area contributed by atoms with Crippen LogP contribution in [0.1, 0.15) is 37.3 Å². The van der Waals surface area contributed by atoms with E-state index in [2.05, 4.69) is 10.2 Å². The van der Waals surface area contributed by atoms with Crippen LogP contribution >= 0.6 is 23.4 Å². The summed E-state index contributed by atoms with van der Waals surface area (Å²) in [4.78, 5) is 16.9. The number of halogens is 4. The Hall–Kier alpha value is -1.22. The molecular formula is C11H12ClF3N3O2S+. The van der Waals surface area contributed by atoms with Crippen molar-refractivity contribution >= 4 is 23.4 Å². The third kappa shape index (κ3) is 3.34. The molecule has 1 atom stereocenters. The van der Waals surface area contributed by atoms with Gasteiger partial charge in [0, 0.05) is 10.8 Å². The molecule has 1 aromatic rings. The van der Waals surface area contributed by atoms with Gasteiger partial charge in [-0.05, 0) is 32.5 Å². The van der Waals surface area contributed by atoms with Crippen molar-refractivity contribution in [2.24, 2.45) is 0 Å². The van der Waals surface area contributed by atoms with E-state index in [1.54, 1.807) is 19.9 Å². The third-order valence-corrected chi connectivity index (χ3v) is 4.09. The predicted molar refractivity (Wildman–Crippen MR) is 71.5 cm³/mol. The molecule has 0 bridgehead atoms. The molecule has 0 saturated carbocycles. The van der Waals surface area contributed by atoms with Crippen LogP contribution in [0.25, 0.3) is 0 Å². The Morgan fingerprint density at radius 3 is 2.62 bits per heavy atom. The van der Waals surface area contributed by atoms with E-state index in [0.717, 1.165) is 11.8 Å². The minimum Gasteiger partial charge on any atom is -0.266 e. The third-order valence-electron chi connectivity index (χ3n) is 2.70. The molecule has 116 valence electrons. The highest BCUT2D eigenvalue weighted by molar-refractivity contribution is 8.03. The molecular weight excluding hydrogens is 331 g/mol. The number of aromatic nitrogens is 2. The van der Waals surface area contributed by atoms with Crippen LogP contribution in [0, 0.1) is 4.91 Å². The van der Waals surface area contributed by atoms with Crippen LogP contribution in [0.2, 0.25) is 5.15 Å². The second-order valence-electron chi connectivity index (χ2n) is 4.99. The largest absolute Gasteiger partial charge is 0.435 e. The van der Waals surface area contributed by atoms with Crippen molar-refractivity contribution in [2.45, 2.75) is 37.8 Å². The summed E-state index contributed by atoms with van der Waals surface area (Å²) >= 11 is 6.67. The van der Waals surface area contributed by atoms with Crippen LogP contribution in [0.15, 0.2) is 11.1 Å². The van der Waals surface area contributed by atoms with Gasteiger partial charge in [-0.2, -0.15) is 18.3 Å². The van der Waals surface area contributed by atoms with E-state index < -0.39 is 22.7 Å². The Bertz CT molecular complexity index is 612. The SMILES string of the molecule is CC(SC1=CC(C)(C)O[N+]1=O)c1c(C(F)(F)F)n[nH]c1Cl. The van der Waals surface area contributed by atoms with E-state index >= 15 is 0 Å². The van der Waals surface area contributed by atoms with Gasteiger partial charge in [0.25, 0.3) is 4.92 Å². The number of thioether (sulfide) groups is 1. The second kappa shape index (κ2) is 5.20. The fourth-order valence-electron chi connectivity index (χ4n) is 1.87. The number of rotatable bonds is 3. The molecule has 0 radical (unpaired) electrons. The average Bonchev–Trinajstić information content (AvgIpc) is 2.78. The lowest BCUT2D eigenvalue weighted by molar-refractivity contribution is -0.766. The first kappa shape index (κ1) is 16.2. The van der Waals surface area contributed by atoms with Crippen molar-refractivity contribution in [3.05, 3.63) is 32.4 Å². The summed E-state index contributed by atoms with van der Waals surface area (Å²) in [5.74, 6) is 0. The molecule has 0 aromatic carbocycles. The Labute approximate surface area is 127 Å². The van der Waals surface area contributed by atoms with Crippen LogP contribution in [-0.4, -0.2) is 20.7 Å². The summed E-state index contributed by atoms with van der Waals surface area (Å²) in [6.07, 6.45) is -3.08. The van der Waals surface area contributed by atoms with Gasteiger partial charge in [-0.1, -0.05) is 11.6 Å². The maximum Gasteiger partial charge on any atom is 0.435 e. The quantitative estimate of drug-likeness (QED) is 0.893. The van der Waals surface area contributed by atoms with Crippen molar-refractivity contribution in [1.29, 1.82) is 0 Å². The fourth-order valence-corrected chi connectivity index (χ4v) is 3.41. The monoisotopic (exact) mass is 342 g/mol.